The molecule has 18 heavy (non-hydrogen) atoms. The number of carbonyl (C=O) groups is 2. The third kappa shape index (κ3) is 3.87. The van der Waals surface area contributed by atoms with Gasteiger partial charge in [0.1, 0.15) is 12.4 Å². The highest BCUT2D eigenvalue weighted by Crippen LogP contribution is 2.17. The van der Waals surface area contributed by atoms with Gasteiger partial charge in [0.05, 0.1) is 12.7 Å². The number of rotatable bonds is 4. The van der Waals surface area contributed by atoms with Crippen LogP contribution in [0.1, 0.15) is 31.1 Å². The Morgan fingerprint density at radius 2 is 1.67 bits per heavy atom. The van der Waals surface area contributed by atoms with E-state index in [4.69, 9.17) is 4.74 Å². The molecule has 0 aliphatic rings. The lowest BCUT2D eigenvalue weighted by molar-refractivity contribution is -0.128. The Morgan fingerprint density at radius 3 is 2.11 bits per heavy atom. The second-order valence-corrected chi connectivity index (χ2v) is 4.98. The van der Waals surface area contributed by atoms with Crippen molar-refractivity contribution in [3.63, 3.8) is 0 Å². The van der Waals surface area contributed by atoms with Crippen LogP contribution in [0.2, 0.25) is 0 Å². The summed E-state index contributed by atoms with van der Waals surface area (Å²) >= 11 is 0. The first-order chi connectivity index (χ1) is 8.34. The average Bonchev–Trinajstić information content (AvgIpc) is 2.34. The van der Waals surface area contributed by atoms with Crippen LogP contribution in [0.5, 0.6) is 5.75 Å². The van der Waals surface area contributed by atoms with Crippen LogP contribution in [-0.2, 0) is 9.53 Å². The van der Waals surface area contributed by atoms with Crippen LogP contribution in [-0.4, -0.2) is 25.5 Å². The Bertz CT molecular complexity index is 426. The molecule has 1 aromatic carbocycles. The summed E-state index contributed by atoms with van der Waals surface area (Å²) in [5.74, 6) is 0.187. The maximum absolute atomic E-state index is 11.7. The molecule has 98 valence electrons. The Morgan fingerprint density at radius 1 is 1.11 bits per heavy atom. The molecule has 0 unspecified atom stereocenters. The van der Waals surface area contributed by atoms with Gasteiger partial charge in [-0.1, -0.05) is 20.8 Å². The van der Waals surface area contributed by atoms with E-state index in [1.54, 1.807) is 24.3 Å². The molecule has 0 aliphatic heterocycles. The van der Waals surface area contributed by atoms with Gasteiger partial charge in [-0.25, -0.2) is 4.79 Å². The van der Waals surface area contributed by atoms with Crippen LogP contribution in [0.25, 0.3) is 0 Å². The standard InChI is InChI=1S/C14H18O4/c1-14(2,3)12(15)9-18-11-7-5-10(6-8-11)13(16)17-4/h5-8H,9H2,1-4H3. The molecule has 0 amide bonds. The first-order valence-electron chi connectivity index (χ1n) is 5.69. The summed E-state index contributed by atoms with van der Waals surface area (Å²) in [6.45, 7) is 5.57. The molecule has 0 saturated carbocycles. The van der Waals surface area contributed by atoms with Crippen LogP contribution >= 0.6 is 0 Å². The highest BCUT2D eigenvalue weighted by molar-refractivity contribution is 5.89. The minimum atomic E-state index is -0.411. The molecule has 0 N–H and O–H groups in total. The van der Waals surface area contributed by atoms with Crippen LogP contribution in [0.4, 0.5) is 0 Å². The van der Waals surface area contributed by atoms with Gasteiger partial charge in [-0.15, -0.1) is 0 Å². The number of methoxy groups -OCH3 is 1. The average molecular weight is 250 g/mol. The van der Waals surface area contributed by atoms with E-state index in [0.717, 1.165) is 0 Å². The van der Waals surface area contributed by atoms with Crippen molar-refractivity contribution in [3.8, 4) is 5.75 Å². The Balaban J connectivity index is 2.60. The van der Waals surface area contributed by atoms with E-state index >= 15 is 0 Å². The van der Waals surface area contributed by atoms with Crippen molar-refractivity contribution in [2.24, 2.45) is 5.41 Å². The maximum Gasteiger partial charge on any atom is 0.337 e. The van der Waals surface area contributed by atoms with Gasteiger partial charge in [-0.3, -0.25) is 4.79 Å². The molecule has 0 aromatic heterocycles. The molecule has 4 nitrogen and oxygen atoms in total. The third-order valence-corrected chi connectivity index (χ3v) is 2.48. The molecule has 4 heteroatoms. The van der Waals surface area contributed by atoms with Gasteiger partial charge in [-0.05, 0) is 24.3 Å². The molecule has 0 heterocycles. The third-order valence-electron chi connectivity index (χ3n) is 2.48. The van der Waals surface area contributed by atoms with Gasteiger partial charge in [0.15, 0.2) is 5.78 Å². The lowest BCUT2D eigenvalue weighted by Gasteiger charge is -2.16. The van der Waals surface area contributed by atoms with E-state index in [-0.39, 0.29) is 12.4 Å². The van der Waals surface area contributed by atoms with Gasteiger partial charge in [0.2, 0.25) is 0 Å². The van der Waals surface area contributed by atoms with Gasteiger partial charge in [0, 0.05) is 5.41 Å². The summed E-state index contributed by atoms with van der Waals surface area (Å²) in [7, 11) is 1.33. The van der Waals surface area contributed by atoms with E-state index in [2.05, 4.69) is 4.74 Å². The predicted octanol–water partition coefficient (Wildman–Crippen LogP) is 2.47. The zero-order chi connectivity index (χ0) is 13.8. The van der Waals surface area contributed by atoms with Gasteiger partial charge < -0.3 is 9.47 Å². The fraction of sp³-hybridized carbons (Fsp3) is 0.429. The minimum absolute atomic E-state index is 0.0274. The van der Waals surface area contributed by atoms with E-state index in [0.29, 0.717) is 11.3 Å². The molecule has 0 aliphatic carbocycles. The largest absolute Gasteiger partial charge is 0.486 e. The summed E-state index contributed by atoms with van der Waals surface area (Å²) < 4.78 is 9.95. The van der Waals surface area contributed by atoms with Crippen molar-refractivity contribution in [3.05, 3.63) is 29.8 Å². The Kier molecular flexibility index (Phi) is 4.48. The van der Waals surface area contributed by atoms with Crippen LogP contribution < -0.4 is 4.74 Å². The summed E-state index contributed by atoms with van der Waals surface area (Å²) in [6, 6.07) is 6.48. The zero-order valence-electron chi connectivity index (χ0n) is 11.1. The van der Waals surface area contributed by atoms with E-state index in [9.17, 15) is 9.59 Å². The van der Waals surface area contributed by atoms with E-state index < -0.39 is 11.4 Å². The van der Waals surface area contributed by atoms with Crippen molar-refractivity contribution < 1.29 is 19.1 Å². The number of ether oxygens (including phenoxy) is 2. The second kappa shape index (κ2) is 5.67. The number of benzene rings is 1. The quantitative estimate of drug-likeness (QED) is 0.770. The van der Waals surface area contributed by atoms with Crippen LogP contribution in [0.3, 0.4) is 0 Å². The van der Waals surface area contributed by atoms with E-state index in [1.165, 1.54) is 7.11 Å². The van der Waals surface area contributed by atoms with Crippen molar-refractivity contribution in [2.45, 2.75) is 20.8 Å². The van der Waals surface area contributed by atoms with Crippen LogP contribution in [0, 0.1) is 5.41 Å². The number of ketones is 1. The minimum Gasteiger partial charge on any atom is -0.486 e. The highest BCUT2D eigenvalue weighted by atomic mass is 16.5. The molecular formula is C14H18O4. The number of carbonyl (C=O) groups excluding carboxylic acids is 2. The van der Waals surface area contributed by atoms with Gasteiger partial charge >= 0.3 is 5.97 Å². The molecule has 0 saturated heterocycles. The first-order valence-corrected chi connectivity index (χ1v) is 5.69. The summed E-state index contributed by atoms with van der Waals surface area (Å²) in [5.41, 5.74) is 0.0402. The first kappa shape index (κ1) is 14.2. The van der Waals surface area contributed by atoms with Crippen molar-refractivity contribution in [1.82, 2.24) is 0 Å². The monoisotopic (exact) mass is 250 g/mol. The van der Waals surface area contributed by atoms with E-state index in [1.807, 2.05) is 20.8 Å². The molecule has 0 spiro atoms. The maximum atomic E-state index is 11.7. The number of hydrogen-bond acceptors (Lipinski definition) is 4. The zero-order valence-corrected chi connectivity index (χ0v) is 11.1. The predicted molar refractivity (Wildman–Crippen MR) is 67.7 cm³/mol. The smallest absolute Gasteiger partial charge is 0.337 e. The molecular weight excluding hydrogens is 232 g/mol. The summed E-state index contributed by atoms with van der Waals surface area (Å²) in [6.07, 6.45) is 0. The molecule has 0 atom stereocenters. The topological polar surface area (TPSA) is 52.6 Å². The van der Waals surface area contributed by atoms with Crippen molar-refractivity contribution >= 4 is 11.8 Å². The summed E-state index contributed by atoms with van der Waals surface area (Å²) in [5, 5.41) is 0. The number of hydrogen-bond donors (Lipinski definition) is 0. The second-order valence-electron chi connectivity index (χ2n) is 4.98. The number of Topliss-reactive ketones (excluding diaryl/α,β-unsaturated/α-hetero) is 1. The Hall–Kier alpha value is -1.84. The molecule has 1 aromatic rings. The van der Waals surface area contributed by atoms with Crippen molar-refractivity contribution in [1.29, 1.82) is 0 Å². The van der Waals surface area contributed by atoms with Gasteiger partial charge in [0.25, 0.3) is 0 Å². The van der Waals surface area contributed by atoms with Crippen molar-refractivity contribution in [2.75, 3.05) is 13.7 Å². The molecule has 0 bridgehead atoms. The summed E-state index contributed by atoms with van der Waals surface area (Å²) in [4.78, 5) is 22.9. The normalized spacial score (nSPS) is 10.9. The fourth-order valence-corrected chi connectivity index (χ4v) is 1.17. The lowest BCUT2D eigenvalue weighted by atomic mass is 9.91. The number of esters is 1. The molecule has 1 rings (SSSR count). The highest BCUT2D eigenvalue weighted by Gasteiger charge is 2.21. The SMILES string of the molecule is COC(=O)c1ccc(OCC(=O)C(C)(C)C)cc1. The van der Waals surface area contributed by atoms with Gasteiger partial charge in [-0.2, -0.15) is 0 Å². The molecule has 0 radical (unpaired) electrons. The lowest BCUT2D eigenvalue weighted by Crippen LogP contribution is -2.26. The fourth-order valence-electron chi connectivity index (χ4n) is 1.17. The Labute approximate surface area is 107 Å². The van der Waals surface area contributed by atoms with Crippen LogP contribution in [0.15, 0.2) is 24.3 Å². The molecule has 0 fully saturated rings.